The molecule has 0 aliphatic carbocycles. The van der Waals surface area contributed by atoms with Crippen molar-refractivity contribution in [1.82, 2.24) is 40.8 Å². The summed E-state index contributed by atoms with van der Waals surface area (Å²) < 4.78 is 7.40. The van der Waals surface area contributed by atoms with E-state index >= 15 is 0 Å². The van der Waals surface area contributed by atoms with E-state index in [1.54, 1.807) is 4.68 Å². The van der Waals surface area contributed by atoms with Crippen LogP contribution in [0.3, 0.4) is 0 Å². The number of benzene rings is 3. The van der Waals surface area contributed by atoms with Crippen LogP contribution < -0.4 is 5.32 Å². The van der Waals surface area contributed by atoms with E-state index in [4.69, 9.17) is 4.74 Å². The van der Waals surface area contributed by atoms with Crippen LogP contribution in [-0.2, 0) is 16.1 Å². The minimum Gasteiger partial charge on any atom is -0.457 e. The molecule has 172 valence electrons. The smallest absolute Gasteiger partial charge is 0.338 e. The molecule has 1 atom stereocenters. The van der Waals surface area contributed by atoms with E-state index in [1.807, 2.05) is 73.7 Å². The van der Waals surface area contributed by atoms with E-state index in [1.165, 1.54) is 0 Å². The minimum atomic E-state index is -0.550. The van der Waals surface area contributed by atoms with Crippen molar-refractivity contribution in [2.75, 3.05) is 5.32 Å². The Morgan fingerprint density at radius 3 is 2.80 bits per heavy atom. The van der Waals surface area contributed by atoms with Gasteiger partial charge < -0.3 is 10.1 Å². The summed E-state index contributed by atoms with van der Waals surface area (Å²) >= 11 is 0. The summed E-state index contributed by atoms with van der Waals surface area (Å²) in [6.45, 7) is 1.90. The summed E-state index contributed by atoms with van der Waals surface area (Å²) in [6.07, 6.45) is 0. The van der Waals surface area contributed by atoms with E-state index in [0.717, 1.165) is 27.5 Å². The number of nitrogens with zero attached hydrogens (tertiary/aromatic N) is 7. The first-order valence-electron chi connectivity index (χ1n) is 10.9. The van der Waals surface area contributed by atoms with Crippen LogP contribution in [0.4, 0.5) is 5.95 Å². The average molecular weight is 465 g/mol. The van der Waals surface area contributed by atoms with Gasteiger partial charge in [0, 0.05) is 11.3 Å². The molecule has 3 aromatic carbocycles. The van der Waals surface area contributed by atoms with Crippen molar-refractivity contribution in [2.24, 2.45) is 0 Å². The number of hydrogen-bond acceptors (Lipinski definition) is 9. The first-order chi connectivity index (χ1) is 17.2. The monoisotopic (exact) mass is 465 g/mol. The fourth-order valence-electron chi connectivity index (χ4n) is 4.36. The molecule has 0 saturated carbocycles. The molecule has 0 amide bonds. The molecule has 1 aliphatic heterocycles. The lowest BCUT2D eigenvalue weighted by molar-refractivity contribution is -0.140. The van der Waals surface area contributed by atoms with Gasteiger partial charge in [-0.15, -0.1) is 10.2 Å². The largest absolute Gasteiger partial charge is 0.457 e. The number of hydrogen-bond donors (Lipinski definition) is 2. The summed E-state index contributed by atoms with van der Waals surface area (Å²) in [5.74, 6) is 0.472. The Balaban J connectivity index is 1.34. The molecule has 35 heavy (non-hydrogen) atoms. The molecule has 2 aromatic heterocycles. The second-order valence-electron chi connectivity index (χ2n) is 8.09. The van der Waals surface area contributed by atoms with Gasteiger partial charge in [-0.3, -0.25) is 0 Å². The highest BCUT2D eigenvalue weighted by Gasteiger charge is 2.35. The number of esters is 1. The third-order valence-corrected chi connectivity index (χ3v) is 5.95. The quantitative estimate of drug-likeness (QED) is 0.375. The van der Waals surface area contributed by atoms with Gasteiger partial charge in [-0.25, -0.2) is 4.79 Å². The molecule has 0 bridgehead atoms. The molecule has 0 spiro atoms. The van der Waals surface area contributed by atoms with Crippen molar-refractivity contribution in [1.29, 1.82) is 0 Å². The van der Waals surface area contributed by atoms with Crippen molar-refractivity contribution in [3.05, 3.63) is 89.1 Å². The number of aromatic nitrogens is 8. The van der Waals surface area contributed by atoms with Crippen molar-refractivity contribution >= 4 is 22.7 Å². The van der Waals surface area contributed by atoms with Crippen molar-refractivity contribution < 1.29 is 9.53 Å². The number of rotatable bonds is 5. The first-order valence-corrected chi connectivity index (χ1v) is 10.9. The van der Waals surface area contributed by atoms with E-state index in [2.05, 4.69) is 41.5 Å². The lowest BCUT2D eigenvalue weighted by Crippen LogP contribution is -2.29. The van der Waals surface area contributed by atoms with Gasteiger partial charge >= 0.3 is 5.97 Å². The van der Waals surface area contributed by atoms with E-state index < -0.39 is 12.0 Å². The number of tetrazole rings is 2. The number of carbonyl (C=O) groups is 1. The predicted octanol–water partition coefficient (Wildman–Crippen LogP) is 3.04. The van der Waals surface area contributed by atoms with Gasteiger partial charge in [0.1, 0.15) is 12.6 Å². The molecule has 11 nitrogen and oxygen atoms in total. The number of nitrogens with one attached hydrogen (secondary N) is 2. The van der Waals surface area contributed by atoms with Crippen LogP contribution >= 0.6 is 0 Å². The van der Waals surface area contributed by atoms with Crippen LogP contribution in [0.25, 0.3) is 22.2 Å². The van der Waals surface area contributed by atoms with Gasteiger partial charge in [-0.05, 0) is 50.5 Å². The lowest BCUT2D eigenvalue weighted by atomic mass is 9.91. The van der Waals surface area contributed by atoms with Gasteiger partial charge in [-0.1, -0.05) is 65.8 Å². The van der Waals surface area contributed by atoms with Crippen LogP contribution in [0.2, 0.25) is 0 Å². The molecule has 1 unspecified atom stereocenters. The molecule has 11 heteroatoms. The van der Waals surface area contributed by atoms with Crippen molar-refractivity contribution in [2.45, 2.75) is 19.6 Å². The van der Waals surface area contributed by atoms with Crippen LogP contribution in [-0.4, -0.2) is 46.8 Å². The highest BCUT2D eigenvalue weighted by molar-refractivity contribution is 5.95. The lowest BCUT2D eigenvalue weighted by Gasteiger charge is -2.28. The molecule has 0 fully saturated rings. The SMILES string of the molecule is CC1=C(C(=O)OCc2cccc(-c3nn[nH]n3)c2)C(c2cccc3ccccc23)n2nnnc2N1. The Labute approximate surface area is 198 Å². The molecule has 1 aliphatic rings. The van der Waals surface area contributed by atoms with Gasteiger partial charge in [0.05, 0.1) is 5.57 Å². The van der Waals surface area contributed by atoms with Gasteiger partial charge in [0.2, 0.25) is 11.8 Å². The Morgan fingerprint density at radius 2 is 1.91 bits per heavy atom. The number of H-pyrrole nitrogens is 1. The Morgan fingerprint density at radius 1 is 1.06 bits per heavy atom. The Hall–Kier alpha value is -4.93. The molecule has 2 N–H and O–H groups in total. The summed E-state index contributed by atoms with van der Waals surface area (Å²) in [6, 6.07) is 20.9. The van der Waals surface area contributed by atoms with Gasteiger partial charge in [0.25, 0.3) is 0 Å². The van der Waals surface area contributed by atoms with Gasteiger partial charge in [0.15, 0.2) is 0 Å². The van der Waals surface area contributed by atoms with Crippen molar-refractivity contribution in [3.8, 4) is 11.4 Å². The van der Waals surface area contributed by atoms with Crippen LogP contribution in [0.5, 0.6) is 0 Å². The number of anilines is 1. The third-order valence-electron chi connectivity index (χ3n) is 5.95. The second-order valence-corrected chi connectivity index (χ2v) is 8.09. The summed E-state index contributed by atoms with van der Waals surface area (Å²) in [4.78, 5) is 13.5. The molecule has 3 heterocycles. The normalized spacial score (nSPS) is 15.1. The van der Waals surface area contributed by atoms with Gasteiger partial charge in [-0.2, -0.15) is 9.90 Å². The maximum absolute atomic E-state index is 13.5. The highest BCUT2D eigenvalue weighted by atomic mass is 16.5. The average Bonchev–Trinajstić information content (AvgIpc) is 3.59. The summed E-state index contributed by atoms with van der Waals surface area (Å²) in [7, 11) is 0. The van der Waals surface area contributed by atoms with E-state index in [-0.39, 0.29) is 6.61 Å². The third kappa shape index (κ3) is 3.68. The van der Waals surface area contributed by atoms with Crippen LogP contribution in [0.1, 0.15) is 24.1 Å². The second kappa shape index (κ2) is 8.45. The number of allylic oxidation sites excluding steroid dienone is 1. The zero-order chi connectivity index (χ0) is 23.8. The Bertz CT molecular complexity index is 1570. The van der Waals surface area contributed by atoms with Crippen LogP contribution in [0, 0.1) is 0 Å². The molecular formula is C24H19N9O2. The minimum absolute atomic E-state index is 0.0754. The van der Waals surface area contributed by atoms with E-state index in [0.29, 0.717) is 23.0 Å². The fourth-order valence-corrected chi connectivity index (χ4v) is 4.36. The number of aromatic amines is 1. The number of ether oxygens (including phenoxy) is 1. The maximum Gasteiger partial charge on any atom is 0.338 e. The topological polar surface area (TPSA) is 136 Å². The Kier molecular flexibility index (Phi) is 4.99. The summed E-state index contributed by atoms with van der Waals surface area (Å²) in [5.41, 5.74) is 3.55. The number of fused-ring (bicyclic) bond motifs is 2. The molecular weight excluding hydrogens is 446 g/mol. The zero-order valence-electron chi connectivity index (χ0n) is 18.6. The molecule has 0 radical (unpaired) electrons. The molecule has 5 aromatic rings. The fraction of sp³-hybridized carbons (Fsp3) is 0.125. The standard InChI is InChI=1S/C24H19N9O2/c1-14-20(23(34)35-13-15-6-4-9-17(12-15)22-26-29-30-27-22)21(33-24(25-14)28-31-32-33)19-11-5-8-16-7-2-3-10-18(16)19/h2-12,21H,13H2,1H3,(H,25,28,32)(H,26,27,29,30). The van der Waals surface area contributed by atoms with E-state index in [9.17, 15) is 4.79 Å². The van der Waals surface area contributed by atoms with Crippen molar-refractivity contribution in [3.63, 3.8) is 0 Å². The molecule has 6 rings (SSSR count). The summed E-state index contributed by atoms with van der Waals surface area (Å²) in [5, 5.41) is 31.3. The van der Waals surface area contributed by atoms with Crippen LogP contribution in [0.15, 0.2) is 78.0 Å². The first kappa shape index (κ1) is 20.7. The predicted molar refractivity (Wildman–Crippen MR) is 126 cm³/mol. The highest BCUT2D eigenvalue weighted by Crippen LogP contribution is 2.38. The number of carbonyl (C=O) groups excluding carboxylic acids is 1. The molecule has 0 saturated heterocycles. The maximum atomic E-state index is 13.5. The zero-order valence-corrected chi connectivity index (χ0v) is 18.6.